The molecule has 1 aromatic carbocycles. The van der Waals surface area contributed by atoms with Crippen LogP contribution in [0.1, 0.15) is 0 Å². The number of allylic oxidation sites excluding steroid dienone is 6. The smallest absolute Gasteiger partial charge is 0.188 e. The molecule has 0 fully saturated rings. The van der Waals surface area contributed by atoms with E-state index >= 15 is 0 Å². The van der Waals surface area contributed by atoms with E-state index in [4.69, 9.17) is 10.5 Å². The van der Waals surface area contributed by atoms with E-state index < -0.39 is 0 Å². The number of carbonyl (C=O) groups is 2. The summed E-state index contributed by atoms with van der Waals surface area (Å²) in [6, 6.07) is 7.26. The zero-order chi connectivity index (χ0) is 15.7. The van der Waals surface area contributed by atoms with Crippen molar-refractivity contribution in [3.05, 3.63) is 71.1 Å². The third-order valence-corrected chi connectivity index (χ3v) is 3.49. The lowest BCUT2D eigenvalue weighted by Crippen LogP contribution is -2.24. The Bertz CT molecular complexity index is 781. The third kappa shape index (κ3) is 2.33. The number of nitrogens with two attached hydrogens (primary N) is 1. The number of hydrogen-bond donors (Lipinski definition) is 2. The lowest BCUT2D eigenvalue weighted by Gasteiger charge is -2.21. The van der Waals surface area contributed by atoms with Gasteiger partial charge in [-0.2, -0.15) is 0 Å². The van der Waals surface area contributed by atoms with Crippen LogP contribution >= 0.6 is 0 Å². The molecule has 0 atom stereocenters. The van der Waals surface area contributed by atoms with Crippen LogP contribution in [0.15, 0.2) is 71.1 Å². The molecule has 0 aromatic heterocycles. The fraction of sp³-hybridized carbons (Fsp3) is 0.0588. The molecule has 5 heteroatoms. The third-order valence-electron chi connectivity index (χ3n) is 3.49. The summed E-state index contributed by atoms with van der Waals surface area (Å²) in [5, 5.41) is 3.14. The second kappa shape index (κ2) is 5.37. The van der Waals surface area contributed by atoms with Crippen LogP contribution in [0.25, 0.3) is 0 Å². The minimum atomic E-state index is -0.259. The molecule has 3 rings (SSSR count). The Morgan fingerprint density at radius 2 is 1.55 bits per heavy atom. The van der Waals surface area contributed by atoms with Gasteiger partial charge in [0.2, 0.25) is 0 Å². The van der Waals surface area contributed by atoms with Gasteiger partial charge in [0.15, 0.2) is 11.6 Å². The van der Waals surface area contributed by atoms with Crippen LogP contribution in [0.5, 0.6) is 5.75 Å². The SMILES string of the molecule is COc1ccc(NC2=C3C(=O)C=CC(N)=C3C(=O)C=C2)cc1. The second-order valence-electron chi connectivity index (χ2n) is 4.87. The van der Waals surface area contributed by atoms with Crippen molar-refractivity contribution in [2.45, 2.75) is 0 Å². The van der Waals surface area contributed by atoms with Crippen LogP contribution in [-0.2, 0) is 9.59 Å². The van der Waals surface area contributed by atoms with Crippen molar-refractivity contribution in [3.8, 4) is 5.75 Å². The highest BCUT2D eigenvalue weighted by atomic mass is 16.5. The van der Waals surface area contributed by atoms with Gasteiger partial charge in [-0.05, 0) is 48.6 Å². The number of rotatable bonds is 3. The molecule has 1 aromatic rings. The van der Waals surface area contributed by atoms with E-state index in [1.165, 1.54) is 18.2 Å². The highest BCUT2D eigenvalue weighted by Gasteiger charge is 2.29. The van der Waals surface area contributed by atoms with E-state index in [2.05, 4.69) is 5.32 Å². The van der Waals surface area contributed by atoms with Gasteiger partial charge in [0.25, 0.3) is 0 Å². The summed E-state index contributed by atoms with van der Waals surface area (Å²) in [7, 11) is 1.59. The van der Waals surface area contributed by atoms with Gasteiger partial charge in [0.05, 0.1) is 24.0 Å². The molecule has 110 valence electrons. The van der Waals surface area contributed by atoms with E-state index in [0.717, 1.165) is 11.4 Å². The molecular weight excluding hydrogens is 280 g/mol. The molecule has 0 spiro atoms. The van der Waals surface area contributed by atoms with Gasteiger partial charge in [-0.15, -0.1) is 0 Å². The van der Waals surface area contributed by atoms with Gasteiger partial charge in [0.1, 0.15) is 5.75 Å². The van der Waals surface area contributed by atoms with E-state index in [0.29, 0.717) is 17.0 Å². The molecule has 22 heavy (non-hydrogen) atoms. The Kier molecular flexibility index (Phi) is 3.39. The summed E-state index contributed by atoms with van der Waals surface area (Å²) in [4.78, 5) is 24.1. The van der Waals surface area contributed by atoms with Crippen molar-refractivity contribution < 1.29 is 14.3 Å². The molecule has 0 amide bonds. The summed E-state index contributed by atoms with van der Waals surface area (Å²) in [5.74, 6) is 0.238. The maximum absolute atomic E-state index is 12.1. The van der Waals surface area contributed by atoms with Gasteiger partial charge >= 0.3 is 0 Å². The van der Waals surface area contributed by atoms with Crippen molar-refractivity contribution in [2.24, 2.45) is 5.73 Å². The lowest BCUT2D eigenvalue weighted by atomic mass is 9.86. The summed E-state index contributed by atoms with van der Waals surface area (Å²) in [6.07, 6.45) is 5.83. The largest absolute Gasteiger partial charge is 0.497 e. The van der Waals surface area contributed by atoms with Crippen molar-refractivity contribution in [3.63, 3.8) is 0 Å². The Hall–Kier alpha value is -3.08. The maximum atomic E-state index is 12.1. The predicted molar refractivity (Wildman–Crippen MR) is 83.2 cm³/mol. The minimum absolute atomic E-state index is 0.238. The summed E-state index contributed by atoms with van der Waals surface area (Å²) < 4.78 is 5.10. The first-order valence-corrected chi connectivity index (χ1v) is 6.70. The van der Waals surface area contributed by atoms with Crippen molar-refractivity contribution in [1.82, 2.24) is 0 Å². The van der Waals surface area contributed by atoms with E-state index in [1.807, 2.05) is 12.1 Å². The fourth-order valence-corrected chi connectivity index (χ4v) is 2.39. The average molecular weight is 294 g/mol. The Morgan fingerprint density at radius 3 is 2.23 bits per heavy atom. The van der Waals surface area contributed by atoms with Gasteiger partial charge in [-0.25, -0.2) is 0 Å². The van der Waals surface area contributed by atoms with Crippen LogP contribution in [0.2, 0.25) is 0 Å². The molecule has 2 aliphatic carbocycles. The van der Waals surface area contributed by atoms with Crippen molar-refractivity contribution in [1.29, 1.82) is 0 Å². The molecule has 2 aliphatic rings. The van der Waals surface area contributed by atoms with Crippen molar-refractivity contribution >= 4 is 17.3 Å². The Balaban J connectivity index is 2.01. The Labute approximate surface area is 127 Å². The van der Waals surface area contributed by atoms with Crippen LogP contribution in [0, 0.1) is 0 Å². The lowest BCUT2D eigenvalue weighted by molar-refractivity contribution is -0.114. The van der Waals surface area contributed by atoms with E-state index in [1.54, 1.807) is 25.3 Å². The molecule has 0 radical (unpaired) electrons. The minimum Gasteiger partial charge on any atom is -0.497 e. The number of nitrogens with one attached hydrogen (secondary N) is 1. The quantitative estimate of drug-likeness (QED) is 0.889. The average Bonchev–Trinajstić information content (AvgIpc) is 2.53. The van der Waals surface area contributed by atoms with Crippen LogP contribution in [-0.4, -0.2) is 18.7 Å². The highest BCUT2D eigenvalue weighted by molar-refractivity contribution is 6.23. The van der Waals surface area contributed by atoms with Crippen LogP contribution in [0.3, 0.4) is 0 Å². The number of benzene rings is 1. The number of ether oxygens (including phenoxy) is 1. The van der Waals surface area contributed by atoms with Crippen molar-refractivity contribution in [2.75, 3.05) is 12.4 Å². The standard InChI is InChI=1S/C17H14N2O3/c1-22-11-4-2-10(3-5-11)19-13-7-9-14(20)16-12(18)6-8-15(21)17(13)16/h2-9,19H,18H2,1H3. The molecular formula is C17H14N2O3. The zero-order valence-corrected chi connectivity index (χ0v) is 11.9. The number of hydrogen-bond acceptors (Lipinski definition) is 5. The first-order chi connectivity index (χ1) is 10.6. The van der Waals surface area contributed by atoms with Crippen LogP contribution in [0.4, 0.5) is 5.69 Å². The van der Waals surface area contributed by atoms with E-state index in [-0.39, 0.29) is 17.1 Å². The van der Waals surface area contributed by atoms with Crippen LogP contribution < -0.4 is 15.8 Å². The summed E-state index contributed by atoms with van der Waals surface area (Å²) in [6.45, 7) is 0. The number of ketones is 2. The maximum Gasteiger partial charge on any atom is 0.188 e. The van der Waals surface area contributed by atoms with Gasteiger partial charge < -0.3 is 15.8 Å². The number of anilines is 1. The van der Waals surface area contributed by atoms with Gasteiger partial charge in [-0.1, -0.05) is 0 Å². The Morgan fingerprint density at radius 1 is 0.909 bits per heavy atom. The number of fused-ring (bicyclic) bond motifs is 1. The topological polar surface area (TPSA) is 81.4 Å². The van der Waals surface area contributed by atoms with Gasteiger partial charge in [-0.3, -0.25) is 9.59 Å². The molecule has 0 saturated heterocycles. The molecule has 5 nitrogen and oxygen atoms in total. The first-order valence-electron chi connectivity index (χ1n) is 6.70. The molecule has 0 aliphatic heterocycles. The van der Waals surface area contributed by atoms with E-state index in [9.17, 15) is 9.59 Å². The predicted octanol–water partition coefficient (Wildman–Crippen LogP) is 1.85. The highest BCUT2D eigenvalue weighted by Crippen LogP contribution is 2.29. The monoisotopic (exact) mass is 294 g/mol. The molecule has 0 bridgehead atoms. The zero-order valence-electron chi connectivity index (χ0n) is 11.9. The fourth-order valence-electron chi connectivity index (χ4n) is 2.39. The normalized spacial score (nSPS) is 17.0. The summed E-state index contributed by atoms with van der Waals surface area (Å²) in [5.41, 5.74) is 8.04. The molecule has 0 unspecified atom stereocenters. The summed E-state index contributed by atoms with van der Waals surface area (Å²) >= 11 is 0. The first kappa shape index (κ1) is 13.9. The van der Waals surface area contributed by atoms with Gasteiger partial charge in [0, 0.05) is 11.4 Å². The second-order valence-corrected chi connectivity index (χ2v) is 4.87. The molecule has 3 N–H and O–H groups in total. The number of methoxy groups -OCH3 is 1. The molecule has 0 heterocycles. The number of carbonyl (C=O) groups excluding carboxylic acids is 2. The molecule has 0 saturated carbocycles.